The third-order valence-corrected chi connectivity index (χ3v) is 4.29. The lowest BCUT2D eigenvalue weighted by atomic mass is 10.1. The number of hydrogen-bond acceptors (Lipinski definition) is 8. The number of hydrogen-bond donors (Lipinski definition) is 2. The van der Waals surface area contributed by atoms with Crippen molar-refractivity contribution in [2.75, 3.05) is 12.4 Å². The fourth-order valence-electron chi connectivity index (χ4n) is 2.82. The first-order chi connectivity index (χ1) is 14.9. The van der Waals surface area contributed by atoms with Gasteiger partial charge < -0.3 is 19.8 Å². The van der Waals surface area contributed by atoms with Gasteiger partial charge in [0.25, 0.3) is 11.8 Å². The number of nitrogens with one attached hydrogen (secondary N) is 2. The Kier molecular flexibility index (Phi) is 5.27. The van der Waals surface area contributed by atoms with Gasteiger partial charge in [-0.3, -0.25) is 14.6 Å². The van der Waals surface area contributed by atoms with Crippen LogP contribution in [0.15, 0.2) is 47.4 Å². The van der Waals surface area contributed by atoms with Crippen molar-refractivity contribution in [3.05, 3.63) is 65.8 Å². The molecule has 0 aliphatic rings. The lowest BCUT2D eigenvalue weighted by molar-refractivity contribution is 0.0951. The van der Waals surface area contributed by atoms with Gasteiger partial charge in [-0.1, -0.05) is 0 Å². The van der Waals surface area contributed by atoms with E-state index in [4.69, 9.17) is 9.15 Å². The van der Waals surface area contributed by atoms with Crippen LogP contribution in [0.3, 0.4) is 0 Å². The topological polar surface area (TPSA) is 132 Å². The zero-order valence-electron chi connectivity index (χ0n) is 17.0. The summed E-state index contributed by atoms with van der Waals surface area (Å²) < 4.78 is 11.6. The van der Waals surface area contributed by atoms with Crippen molar-refractivity contribution in [2.45, 2.75) is 13.8 Å². The summed E-state index contributed by atoms with van der Waals surface area (Å²) in [4.78, 5) is 40.6. The molecule has 0 bridgehead atoms. The second-order valence-corrected chi connectivity index (χ2v) is 6.66. The van der Waals surface area contributed by atoms with Gasteiger partial charge in [0.05, 0.1) is 35.9 Å². The Morgan fingerprint density at radius 3 is 2.39 bits per heavy atom. The molecule has 3 heterocycles. The molecular formula is C21H18N6O4. The van der Waals surface area contributed by atoms with Crippen molar-refractivity contribution in [3.63, 3.8) is 0 Å². The second-order valence-electron chi connectivity index (χ2n) is 6.66. The molecule has 2 amide bonds. The highest BCUT2D eigenvalue weighted by Crippen LogP contribution is 2.33. The normalized spacial score (nSPS) is 10.7. The Bertz CT molecular complexity index is 1270. The molecule has 0 aliphatic heterocycles. The zero-order valence-corrected chi connectivity index (χ0v) is 17.0. The number of carbonyl (C=O) groups excluding carboxylic acids is 2. The maximum Gasteiger partial charge on any atom is 0.288 e. The highest BCUT2D eigenvalue weighted by atomic mass is 16.5. The molecule has 4 aromatic rings. The molecular weight excluding hydrogens is 400 g/mol. The molecule has 0 atom stereocenters. The molecule has 0 aliphatic carbocycles. The number of amides is 2. The number of furan rings is 1. The van der Waals surface area contributed by atoms with Crippen LogP contribution in [0.5, 0.6) is 11.5 Å². The van der Waals surface area contributed by atoms with Crippen LogP contribution in [-0.2, 0) is 0 Å². The first-order valence-corrected chi connectivity index (χ1v) is 9.29. The van der Waals surface area contributed by atoms with Crippen molar-refractivity contribution in [1.82, 2.24) is 25.3 Å². The summed E-state index contributed by atoms with van der Waals surface area (Å²) >= 11 is 0. The van der Waals surface area contributed by atoms with E-state index in [-0.39, 0.29) is 5.82 Å². The summed E-state index contributed by atoms with van der Waals surface area (Å²) in [6.45, 7) is 3.60. The fraction of sp³-hybridized carbons (Fsp3) is 0.143. The van der Waals surface area contributed by atoms with Gasteiger partial charge in [0.15, 0.2) is 11.6 Å². The molecule has 4 rings (SSSR count). The van der Waals surface area contributed by atoms with Crippen molar-refractivity contribution in [3.8, 4) is 11.5 Å². The number of carbonyl (C=O) groups is 2. The lowest BCUT2D eigenvalue weighted by Crippen LogP contribution is -2.20. The molecule has 0 saturated carbocycles. The fourth-order valence-corrected chi connectivity index (χ4v) is 2.82. The minimum Gasteiger partial charge on any atom is -0.461 e. The van der Waals surface area contributed by atoms with E-state index in [1.165, 1.54) is 25.6 Å². The highest BCUT2D eigenvalue weighted by molar-refractivity contribution is 6.06. The summed E-state index contributed by atoms with van der Waals surface area (Å²) in [7, 11) is 1.49. The molecule has 0 unspecified atom stereocenters. The SMILES string of the molecule is CNC(=O)c1ncc(Oc2cc(C(=O)Nc3cnc(C)cn3)cc3oc(C)cc23)cn1. The van der Waals surface area contributed by atoms with E-state index in [0.717, 1.165) is 5.69 Å². The monoisotopic (exact) mass is 418 g/mol. The molecule has 0 spiro atoms. The Labute approximate surface area is 176 Å². The first kappa shape index (κ1) is 20.0. The van der Waals surface area contributed by atoms with Crippen LogP contribution in [0.25, 0.3) is 11.0 Å². The molecule has 31 heavy (non-hydrogen) atoms. The zero-order chi connectivity index (χ0) is 22.0. The van der Waals surface area contributed by atoms with Gasteiger partial charge >= 0.3 is 0 Å². The van der Waals surface area contributed by atoms with Crippen LogP contribution in [0.4, 0.5) is 5.82 Å². The number of fused-ring (bicyclic) bond motifs is 1. The van der Waals surface area contributed by atoms with E-state index in [1.807, 2.05) is 0 Å². The van der Waals surface area contributed by atoms with Gasteiger partial charge in [0.1, 0.15) is 17.1 Å². The third kappa shape index (κ3) is 4.32. The molecule has 156 valence electrons. The van der Waals surface area contributed by atoms with Crippen LogP contribution in [0.1, 0.15) is 32.4 Å². The second kappa shape index (κ2) is 8.19. The highest BCUT2D eigenvalue weighted by Gasteiger charge is 2.16. The van der Waals surface area contributed by atoms with Crippen LogP contribution < -0.4 is 15.4 Å². The molecule has 3 aromatic heterocycles. The number of ether oxygens (including phenoxy) is 1. The minimum absolute atomic E-state index is 0.0199. The van der Waals surface area contributed by atoms with E-state index in [2.05, 4.69) is 30.6 Å². The lowest BCUT2D eigenvalue weighted by Gasteiger charge is -2.09. The summed E-state index contributed by atoms with van der Waals surface area (Å²) in [6, 6.07) is 5.01. The van der Waals surface area contributed by atoms with E-state index in [1.54, 1.807) is 38.2 Å². The van der Waals surface area contributed by atoms with Gasteiger partial charge in [0.2, 0.25) is 5.82 Å². The molecule has 0 saturated heterocycles. The van der Waals surface area contributed by atoms with Gasteiger partial charge in [-0.05, 0) is 32.0 Å². The average Bonchev–Trinajstić information content (AvgIpc) is 3.15. The van der Waals surface area contributed by atoms with Gasteiger partial charge in [-0.15, -0.1) is 0 Å². The number of rotatable bonds is 5. The van der Waals surface area contributed by atoms with E-state index in [9.17, 15) is 9.59 Å². The Morgan fingerprint density at radius 2 is 1.71 bits per heavy atom. The summed E-state index contributed by atoms with van der Waals surface area (Å²) in [5, 5.41) is 5.82. The molecule has 0 radical (unpaired) electrons. The Morgan fingerprint density at radius 1 is 0.935 bits per heavy atom. The van der Waals surface area contributed by atoms with Crippen molar-refractivity contribution >= 4 is 28.6 Å². The molecule has 10 heteroatoms. The first-order valence-electron chi connectivity index (χ1n) is 9.29. The number of aryl methyl sites for hydroxylation is 2. The smallest absolute Gasteiger partial charge is 0.288 e. The maximum atomic E-state index is 12.8. The minimum atomic E-state index is -0.405. The number of aromatic nitrogens is 4. The van der Waals surface area contributed by atoms with Gasteiger partial charge in [-0.2, -0.15) is 0 Å². The summed E-state index contributed by atoms with van der Waals surface area (Å²) in [5.74, 6) is 0.884. The number of nitrogens with zero attached hydrogens (tertiary/aromatic N) is 4. The van der Waals surface area contributed by atoms with Gasteiger partial charge in [-0.25, -0.2) is 15.0 Å². The summed E-state index contributed by atoms with van der Waals surface area (Å²) in [6.07, 6.45) is 5.80. The quantitative estimate of drug-likeness (QED) is 0.505. The summed E-state index contributed by atoms with van der Waals surface area (Å²) in [5.41, 5.74) is 1.53. The molecule has 0 fully saturated rings. The van der Waals surface area contributed by atoms with Crippen LogP contribution in [0, 0.1) is 13.8 Å². The van der Waals surface area contributed by atoms with Crippen molar-refractivity contribution < 1.29 is 18.7 Å². The predicted octanol–water partition coefficient (Wildman–Crippen LogP) is 3.03. The number of anilines is 1. The predicted molar refractivity (Wildman–Crippen MR) is 111 cm³/mol. The van der Waals surface area contributed by atoms with Crippen LogP contribution in [0.2, 0.25) is 0 Å². The molecule has 1 aromatic carbocycles. The largest absolute Gasteiger partial charge is 0.461 e. The van der Waals surface area contributed by atoms with Crippen LogP contribution in [-0.4, -0.2) is 38.8 Å². The Balaban J connectivity index is 1.65. The maximum absolute atomic E-state index is 12.8. The van der Waals surface area contributed by atoms with Crippen molar-refractivity contribution in [1.29, 1.82) is 0 Å². The van der Waals surface area contributed by atoms with E-state index in [0.29, 0.717) is 39.6 Å². The van der Waals surface area contributed by atoms with E-state index < -0.39 is 11.8 Å². The molecule has 10 nitrogen and oxygen atoms in total. The van der Waals surface area contributed by atoms with Crippen molar-refractivity contribution in [2.24, 2.45) is 0 Å². The molecule has 2 N–H and O–H groups in total. The number of benzene rings is 1. The van der Waals surface area contributed by atoms with Gasteiger partial charge in [0, 0.05) is 12.6 Å². The standard InChI is InChI=1S/C21H18N6O4/c1-11-7-24-18(10-23-11)27-20(28)13-5-16-15(4-12(2)30-16)17(6-13)31-14-8-25-19(26-9-14)21(29)22-3/h4-10H,1-3H3,(H,22,29)(H,24,27,28). The van der Waals surface area contributed by atoms with Crippen LogP contribution >= 0.6 is 0 Å². The third-order valence-electron chi connectivity index (χ3n) is 4.29. The average molecular weight is 418 g/mol. The Hall–Kier alpha value is -4.34. The van der Waals surface area contributed by atoms with E-state index >= 15 is 0 Å².